The smallest absolute Gasteiger partial charge is 0.391 e. The Morgan fingerprint density at radius 3 is 2.50 bits per heavy atom. The van der Waals surface area contributed by atoms with E-state index in [4.69, 9.17) is 0 Å². The van der Waals surface area contributed by atoms with Crippen LogP contribution in [0.1, 0.15) is 44.2 Å². The Bertz CT molecular complexity index is 546. The number of likely N-dealkylation sites (tertiary alicyclic amines) is 1. The van der Waals surface area contributed by atoms with Crippen molar-refractivity contribution in [2.24, 2.45) is 0 Å². The Labute approximate surface area is 139 Å². The number of aliphatic hydroxyl groups excluding tert-OH is 1. The summed E-state index contributed by atoms with van der Waals surface area (Å²) in [6, 6.07) is 1.16. The molecular formula is C16H23F3N4O. The summed E-state index contributed by atoms with van der Waals surface area (Å²) in [6.07, 6.45) is 2.16. The van der Waals surface area contributed by atoms with Crippen LogP contribution < -0.4 is 5.32 Å². The molecule has 134 valence electrons. The van der Waals surface area contributed by atoms with Crippen molar-refractivity contribution in [2.75, 3.05) is 18.4 Å². The second-order valence-electron chi connectivity index (χ2n) is 6.64. The molecule has 1 aromatic rings. The van der Waals surface area contributed by atoms with Crippen LogP contribution in [0.15, 0.2) is 12.3 Å². The highest BCUT2D eigenvalue weighted by Gasteiger charge is 2.34. The maximum atomic E-state index is 12.7. The SMILES string of the molecule is OC1CCCCC1N1CCC(Nc2nccc(C(F)(F)F)n2)CC1. The normalized spacial score (nSPS) is 27.2. The van der Waals surface area contributed by atoms with Crippen LogP contribution in [0.5, 0.6) is 0 Å². The number of hydrogen-bond acceptors (Lipinski definition) is 5. The Balaban J connectivity index is 1.54. The average molecular weight is 344 g/mol. The Morgan fingerprint density at radius 2 is 1.83 bits per heavy atom. The lowest BCUT2D eigenvalue weighted by molar-refractivity contribution is -0.141. The first-order valence-corrected chi connectivity index (χ1v) is 8.52. The quantitative estimate of drug-likeness (QED) is 0.883. The summed E-state index contributed by atoms with van der Waals surface area (Å²) in [5, 5.41) is 13.2. The molecule has 2 atom stereocenters. The summed E-state index contributed by atoms with van der Waals surface area (Å²) < 4.78 is 38.1. The van der Waals surface area contributed by atoms with Gasteiger partial charge >= 0.3 is 6.18 Å². The van der Waals surface area contributed by atoms with Crippen molar-refractivity contribution < 1.29 is 18.3 Å². The molecule has 1 aromatic heterocycles. The maximum absolute atomic E-state index is 12.7. The van der Waals surface area contributed by atoms with Crippen molar-refractivity contribution in [2.45, 2.75) is 62.9 Å². The zero-order valence-electron chi connectivity index (χ0n) is 13.5. The molecule has 0 amide bonds. The van der Waals surface area contributed by atoms with Crippen LogP contribution in [-0.4, -0.2) is 51.3 Å². The van der Waals surface area contributed by atoms with Crippen LogP contribution >= 0.6 is 0 Å². The van der Waals surface area contributed by atoms with Gasteiger partial charge in [-0.05, 0) is 31.7 Å². The van der Waals surface area contributed by atoms with E-state index in [1.54, 1.807) is 0 Å². The molecule has 8 heteroatoms. The molecule has 2 fully saturated rings. The van der Waals surface area contributed by atoms with E-state index in [9.17, 15) is 18.3 Å². The van der Waals surface area contributed by atoms with Gasteiger partial charge in [-0.2, -0.15) is 13.2 Å². The second kappa shape index (κ2) is 7.23. The molecule has 0 aromatic carbocycles. The average Bonchev–Trinajstić information content (AvgIpc) is 2.56. The van der Waals surface area contributed by atoms with Crippen molar-refractivity contribution in [3.05, 3.63) is 18.0 Å². The third-order valence-electron chi connectivity index (χ3n) is 4.97. The lowest BCUT2D eigenvalue weighted by Crippen LogP contribution is -2.50. The molecule has 0 radical (unpaired) electrons. The number of aromatic nitrogens is 2. The minimum Gasteiger partial charge on any atom is -0.391 e. The lowest BCUT2D eigenvalue weighted by atomic mass is 9.89. The van der Waals surface area contributed by atoms with Gasteiger partial charge in [0.2, 0.25) is 5.95 Å². The summed E-state index contributed by atoms with van der Waals surface area (Å²) in [4.78, 5) is 9.76. The number of anilines is 1. The highest BCUT2D eigenvalue weighted by atomic mass is 19.4. The summed E-state index contributed by atoms with van der Waals surface area (Å²) in [7, 11) is 0. The van der Waals surface area contributed by atoms with E-state index in [1.165, 1.54) is 0 Å². The number of hydrogen-bond donors (Lipinski definition) is 2. The Morgan fingerprint density at radius 1 is 1.12 bits per heavy atom. The van der Waals surface area contributed by atoms with Crippen LogP contribution in [0.3, 0.4) is 0 Å². The molecule has 5 nitrogen and oxygen atoms in total. The highest BCUT2D eigenvalue weighted by Crippen LogP contribution is 2.29. The molecule has 2 N–H and O–H groups in total. The number of halogens is 3. The molecule has 1 saturated carbocycles. The summed E-state index contributed by atoms with van der Waals surface area (Å²) in [5.74, 6) is 0.0287. The van der Waals surface area contributed by atoms with E-state index in [-0.39, 0.29) is 24.1 Å². The van der Waals surface area contributed by atoms with E-state index < -0.39 is 11.9 Å². The third kappa shape index (κ3) is 4.16. The van der Waals surface area contributed by atoms with E-state index >= 15 is 0 Å². The van der Waals surface area contributed by atoms with Crippen molar-refractivity contribution >= 4 is 5.95 Å². The van der Waals surface area contributed by atoms with E-state index in [0.717, 1.165) is 63.9 Å². The topological polar surface area (TPSA) is 61.3 Å². The minimum atomic E-state index is -4.46. The van der Waals surface area contributed by atoms with E-state index in [2.05, 4.69) is 20.2 Å². The van der Waals surface area contributed by atoms with Gasteiger partial charge in [0, 0.05) is 31.4 Å². The molecule has 2 heterocycles. The number of nitrogens with zero attached hydrogens (tertiary/aromatic N) is 3. The van der Waals surface area contributed by atoms with Crippen LogP contribution in [0.2, 0.25) is 0 Å². The molecule has 1 saturated heterocycles. The summed E-state index contributed by atoms with van der Waals surface area (Å²) >= 11 is 0. The fourth-order valence-electron chi connectivity index (χ4n) is 3.66. The van der Waals surface area contributed by atoms with Gasteiger partial charge in [-0.1, -0.05) is 12.8 Å². The molecule has 2 aliphatic rings. The molecule has 1 aliphatic carbocycles. The van der Waals surface area contributed by atoms with Gasteiger partial charge in [0.15, 0.2) is 0 Å². The predicted molar refractivity (Wildman–Crippen MR) is 83.5 cm³/mol. The van der Waals surface area contributed by atoms with Gasteiger partial charge in [0.1, 0.15) is 5.69 Å². The molecule has 3 rings (SSSR count). The maximum Gasteiger partial charge on any atom is 0.433 e. The van der Waals surface area contributed by atoms with Crippen molar-refractivity contribution in [3.63, 3.8) is 0 Å². The Kier molecular flexibility index (Phi) is 5.24. The lowest BCUT2D eigenvalue weighted by Gasteiger charge is -2.41. The monoisotopic (exact) mass is 344 g/mol. The first-order valence-electron chi connectivity index (χ1n) is 8.52. The number of nitrogens with one attached hydrogen (secondary N) is 1. The number of aliphatic hydroxyl groups is 1. The zero-order chi connectivity index (χ0) is 17.2. The van der Waals surface area contributed by atoms with Crippen molar-refractivity contribution in [1.29, 1.82) is 0 Å². The van der Waals surface area contributed by atoms with Crippen molar-refractivity contribution in [1.82, 2.24) is 14.9 Å². The molecular weight excluding hydrogens is 321 g/mol. The highest BCUT2D eigenvalue weighted by molar-refractivity contribution is 5.27. The first-order chi connectivity index (χ1) is 11.4. The van der Waals surface area contributed by atoms with Gasteiger partial charge in [-0.15, -0.1) is 0 Å². The Hall–Kier alpha value is -1.41. The largest absolute Gasteiger partial charge is 0.433 e. The van der Waals surface area contributed by atoms with Crippen LogP contribution in [0.4, 0.5) is 19.1 Å². The second-order valence-corrected chi connectivity index (χ2v) is 6.64. The van der Waals surface area contributed by atoms with E-state index in [1.807, 2.05) is 0 Å². The number of rotatable bonds is 3. The van der Waals surface area contributed by atoms with Crippen LogP contribution in [0.25, 0.3) is 0 Å². The van der Waals surface area contributed by atoms with Gasteiger partial charge in [-0.3, -0.25) is 4.90 Å². The van der Waals surface area contributed by atoms with Gasteiger partial charge in [0.25, 0.3) is 0 Å². The summed E-state index contributed by atoms with van der Waals surface area (Å²) in [5.41, 5.74) is -0.928. The fraction of sp³-hybridized carbons (Fsp3) is 0.750. The third-order valence-corrected chi connectivity index (χ3v) is 4.97. The van der Waals surface area contributed by atoms with Gasteiger partial charge < -0.3 is 10.4 Å². The zero-order valence-corrected chi connectivity index (χ0v) is 13.5. The van der Waals surface area contributed by atoms with Gasteiger partial charge in [-0.25, -0.2) is 9.97 Å². The number of alkyl halides is 3. The van der Waals surface area contributed by atoms with Crippen LogP contribution in [-0.2, 0) is 6.18 Å². The molecule has 1 aliphatic heterocycles. The van der Waals surface area contributed by atoms with Gasteiger partial charge in [0.05, 0.1) is 6.10 Å². The molecule has 0 spiro atoms. The van der Waals surface area contributed by atoms with E-state index in [0.29, 0.717) is 0 Å². The summed E-state index contributed by atoms with van der Waals surface area (Å²) in [6.45, 7) is 1.66. The minimum absolute atomic E-state index is 0.0287. The fourth-order valence-corrected chi connectivity index (χ4v) is 3.66. The predicted octanol–water partition coefficient (Wildman–Crippen LogP) is 2.68. The molecule has 2 unspecified atom stereocenters. The first kappa shape index (κ1) is 17.4. The number of piperidine rings is 1. The molecule has 24 heavy (non-hydrogen) atoms. The molecule has 0 bridgehead atoms. The standard InChI is InChI=1S/C16H23F3N4O/c17-16(18,19)14-5-8-20-15(22-14)21-11-6-9-23(10-7-11)12-3-1-2-4-13(12)24/h5,8,11-13,24H,1-4,6-7,9-10H2,(H,20,21,22). The van der Waals surface area contributed by atoms with Crippen molar-refractivity contribution in [3.8, 4) is 0 Å². The van der Waals surface area contributed by atoms with Crippen LogP contribution in [0, 0.1) is 0 Å².